The van der Waals surface area contributed by atoms with Crippen molar-refractivity contribution >= 4 is 5.69 Å². The summed E-state index contributed by atoms with van der Waals surface area (Å²) in [6.45, 7) is 7.82. The fourth-order valence-electron chi connectivity index (χ4n) is 1.47. The van der Waals surface area contributed by atoms with E-state index in [9.17, 15) is 10.1 Å². The maximum Gasteiger partial charge on any atom is 0.311 e. The summed E-state index contributed by atoms with van der Waals surface area (Å²) in [5.41, 5.74) is 0.805. The van der Waals surface area contributed by atoms with Gasteiger partial charge in [0.2, 0.25) is 5.75 Å². The van der Waals surface area contributed by atoms with Gasteiger partial charge < -0.3 is 4.74 Å². The van der Waals surface area contributed by atoms with Gasteiger partial charge in [0.1, 0.15) is 0 Å². The SMILES string of the molecule is C=CC(C)c1cccc([N+](=O)[O-])c1OCC. The van der Waals surface area contributed by atoms with Crippen LogP contribution in [0.5, 0.6) is 5.75 Å². The minimum absolute atomic E-state index is 0.00745. The monoisotopic (exact) mass is 221 g/mol. The summed E-state index contributed by atoms with van der Waals surface area (Å²) in [4.78, 5) is 10.4. The van der Waals surface area contributed by atoms with Crippen molar-refractivity contribution in [1.82, 2.24) is 0 Å². The number of nitrogens with zero attached hydrogens (tertiary/aromatic N) is 1. The topological polar surface area (TPSA) is 52.4 Å². The maximum absolute atomic E-state index is 10.9. The fourth-order valence-corrected chi connectivity index (χ4v) is 1.47. The second-order valence-corrected chi connectivity index (χ2v) is 3.41. The number of ether oxygens (including phenoxy) is 1. The molecule has 4 heteroatoms. The van der Waals surface area contributed by atoms with E-state index in [0.29, 0.717) is 12.4 Å². The molecule has 1 aromatic rings. The zero-order chi connectivity index (χ0) is 12.1. The summed E-state index contributed by atoms with van der Waals surface area (Å²) in [6, 6.07) is 4.94. The van der Waals surface area contributed by atoms with Crippen LogP contribution in [0, 0.1) is 10.1 Å². The van der Waals surface area contributed by atoms with E-state index in [1.54, 1.807) is 19.1 Å². The molecule has 0 heterocycles. The van der Waals surface area contributed by atoms with Crippen molar-refractivity contribution in [2.24, 2.45) is 0 Å². The zero-order valence-electron chi connectivity index (χ0n) is 9.47. The van der Waals surface area contributed by atoms with E-state index in [4.69, 9.17) is 4.74 Å². The van der Waals surface area contributed by atoms with Gasteiger partial charge in [0, 0.05) is 17.5 Å². The first-order valence-electron chi connectivity index (χ1n) is 5.14. The molecule has 1 atom stereocenters. The molecule has 86 valence electrons. The lowest BCUT2D eigenvalue weighted by atomic mass is 9.99. The molecular formula is C12H15NO3. The number of rotatable bonds is 5. The van der Waals surface area contributed by atoms with Crippen LogP contribution in [0.4, 0.5) is 5.69 Å². The molecule has 16 heavy (non-hydrogen) atoms. The minimum atomic E-state index is -0.426. The lowest BCUT2D eigenvalue weighted by Crippen LogP contribution is -2.02. The van der Waals surface area contributed by atoms with Gasteiger partial charge in [-0.3, -0.25) is 10.1 Å². The summed E-state index contributed by atoms with van der Waals surface area (Å²) in [7, 11) is 0. The van der Waals surface area contributed by atoms with Gasteiger partial charge in [0.05, 0.1) is 11.5 Å². The second kappa shape index (κ2) is 5.30. The van der Waals surface area contributed by atoms with E-state index < -0.39 is 4.92 Å². The molecular weight excluding hydrogens is 206 g/mol. The van der Waals surface area contributed by atoms with Crippen molar-refractivity contribution < 1.29 is 9.66 Å². The Hall–Kier alpha value is -1.84. The van der Waals surface area contributed by atoms with Crippen molar-refractivity contribution in [2.75, 3.05) is 6.61 Å². The highest BCUT2D eigenvalue weighted by atomic mass is 16.6. The molecule has 0 N–H and O–H groups in total. The van der Waals surface area contributed by atoms with Crippen LogP contribution < -0.4 is 4.74 Å². The molecule has 0 amide bonds. The molecule has 1 aromatic carbocycles. The van der Waals surface area contributed by atoms with Crippen molar-refractivity contribution in [3.63, 3.8) is 0 Å². The van der Waals surface area contributed by atoms with Crippen LogP contribution >= 0.6 is 0 Å². The summed E-state index contributed by atoms with van der Waals surface area (Å²) < 4.78 is 5.36. The predicted octanol–water partition coefficient (Wildman–Crippen LogP) is 3.28. The maximum atomic E-state index is 10.9. The van der Waals surface area contributed by atoms with Gasteiger partial charge >= 0.3 is 5.69 Å². The Bertz CT molecular complexity index is 401. The standard InChI is InChI=1S/C12H15NO3/c1-4-9(3)10-7-6-8-11(13(14)15)12(10)16-5-2/h4,6-9H,1,5H2,2-3H3. The lowest BCUT2D eigenvalue weighted by molar-refractivity contribution is -0.385. The molecule has 0 saturated carbocycles. The third kappa shape index (κ3) is 2.39. The number of nitro benzene ring substituents is 1. The Morgan fingerprint density at radius 2 is 2.31 bits per heavy atom. The number of benzene rings is 1. The van der Waals surface area contributed by atoms with E-state index in [-0.39, 0.29) is 11.6 Å². The molecule has 0 aliphatic rings. The van der Waals surface area contributed by atoms with Gasteiger partial charge in [-0.15, -0.1) is 6.58 Å². The Morgan fingerprint density at radius 1 is 1.62 bits per heavy atom. The molecule has 1 unspecified atom stereocenters. The molecule has 1 rings (SSSR count). The smallest absolute Gasteiger partial charge is 0.311 e. The van der Waals surface area contributed by atoms with E-state index in [0.717, 1.165) is 5.56 Å². The Morgan fingerprint density at radius 3 is 2.81 bits per heavy atom. The average Bonchev–Trinajstić information content (AvgIpc) is 2.28. The Balaban J connectivity index is 3.31. The normalized spacial score (nSPS) is 11.9. The summed E-state index contributed by atoms with van der Waals surface area (Å²) >= 11 is 0. The molecule has 0 aromatic heterocycles. The first kappa shape index (κ1) is 12.2. The average molecular weight is 221 g/mol. The van der Waals surface area contributed by atoms with Gasteiger partial charge in [0.25, 0.3) is 0 Å². The van der Waals surface area contributed by atoms with Gasteiger partial charge in [-0.2, -0.15) is 0 Å². The van der Waals surface area contributed by atoms with Crippen LogP contribution in [0.25, 0.3) is 0 Å². The van der Waals surface area contributed by atoms with Crippen LogP contribution in [-0.4, -0.2) is 11.5 Å². The molecule has 0 radical (unpaired) electrons. The van der Waals surface area contributed by atoms with Gasteiger partial charge in [0.15, 0.2) is 0 Å². The quantitative estimate of drug-likeness (QED) is 0.435. The van der Waals surface area contributed by atoms with Crippen molar-refractivity contribution in [3.8, 4) is 5.75 Å². The molecule has 0 aliphatic heterocycles. The van der Waals surface area contributed by atoms with E-state index in [1.165, 1.54) is 6.07 Å². The van der Waals surface area contributed by atoms with Crippen LogP contribution in [0.3, 0.4) is 0 Å². The zero-order valence-corrected chi connectivity index (χ0v) is 9.47. The van der Waals surface area contributed by atoms with Crippen molar-refractivity contribution in [2.45, 2.75) is 19.8 Å². The van der Waals surface area contributed by atoms with Crippen LogP contribution in [0.15, 0.2) is 30.9 Å². The van der Waals surface area contributed by atoms with E-state index in [2.05, 4.69) is 6.58 Å². The molecule has 0 aliphatic carbocycles. The summed E-state index contributed by atoms with van der Waals surface area (Å²) in [6.07, 6.45) is 1.74. The highest BCUT2D eigenvalue weighted by Gasteiger charge is 2.20. The largest absolute Gasteiger partial charge is 0.487 e. The number of hydrogen-bond donors (Lipinski definition) is 0. The van der Waals surface area contributed by atoms with E-state index in [1.807, 2.05) is 13.0 Å². The van der Waals surface area contributed by atoms with Crippen molar-refractivity contribution in [3.05, 3.63) is 46.5 Å². The van der Waals surface area contributed by atoms with Gasteiger partial charge in [-0.25, -0.2) is 0 Å². The molecule has 0 spiro atoms. The van der Waals surface area contributed by atoms with Gasteiger partial charge in [-0.1, -0.05) is 25.1 Å². The minimum Gasteiger partial charge on any atom is -0.487 e. The number of allylic oxidation sites excluding steroid dienone is 1. The van der Waals surface area contributed by atoms with Crippen LogP contribution in [0.2, 0.25) is 0 Å². The highest BCUT2D eigenvalue weighted by molar-refractivity contribution is 5.53. The third-order valence-electron chi connectivity index (χ3n) is 2.35. The molecule has 4 nitrogen and oxygen atoms in total. The number of para-hydroxylation sites is 1. The molecule has 0 bridgehead atoms. The Kier molecular flexibility index (Phi) is 4.05. The third-order valence-corrected chi connectivity index (χ3v) is 2.35. The highest BCUT2D eigenvalue weighted by Crippen LogP contribution is 2.35. The number of hydrogen-bond acceptors (Lipinski definition) is 3. The van der Waals surface area contributed by atoms with E-state index >= 15 is 0 Å². The fraction of sp³-hybridized carbons (Fsp3) is 0.333. The Labute approximate surface area is 94.7 Å². The first-order chi connectivity index (χ1) is 7.61. The van der Waals surface area contributed by atoms with Crippen LogP contribution in [-0.2, 0) is 0 Å². The van der Waals surface area contributed by atoms with Crippen LogP contribution in [0.1, 0.15) is 25.3 Å². The second-order valence-electron chi connectivity index (χ2n) is 3.41. The predicted molar refractivity (Wildman–Crippen MR) is 62.9 cm³/mol. The summed E-state index contributed by atoms with van der Waals surface area (Å²) in [5.74, 6) is 0.379. The molecule has 0 fully saturated rings. The van der Waals surface area contributed by atoms with Gasteiger partial charge in [-0.05, 0) is 6.92 Å². The first-order valence-corrected chi connectivity index (χ1v) is 5.14. The van der Waals surface area contributed by atoms with Crippen molar-refractivity contribution in [1.29, 1.82) is 0 Å². The number of nitro groups is 1. The summed E-state index contributed by atoms with van der Waals surface area (Å²) in [5, 5.41) is 10.9. The lowest BCUT2D eigenvalue weighted by Gasteiger charge is -2.13. The molecule has 0 saturated heterocycles.